The van der Waals surface area contributed by atoms with E-state index >= 15 is 0 Å². The van der Waals surface area contributed by atoms with Crippen molar-refractivity contribution in [3.63, 3.8) is 0 Å². The summed E-state index contributed by atoms with van der Waals surface area (Å²) in [5, 5.41) is 0. The molecule has 1 heterocycles. The Morgan fingerprint density at radius 3 is 2.76 bits per heavy atom. The van der Waals surface area contributed by atoms with Crippen LogP contribution in [0, 0.1) is 0 Å². The van der Waals surface area contributed by atoms with Crippen molar-refractivity contribution in [2.75, 3.05) is 0 Å². The zero-order valence-electron chi connectivity index (χ0n) is 9.27. The van der Waals surface area contributed by atoms with Crippen molar-refractivity contribution < 1.29 is 0 Å². The second kappa shape index (κ2) is 6.19. The summed E-state index contributed by atoms with van der Waals surface area (Å²) in [6, 6.07) is 12.3. The maximum absolute atomic E-state index is 5.67. The van der Waals surface area contributed by atoms with Crippen LogP contribution >= 0.6 is 27.7 Å². The highest BCUT2D eigenvalue weighted by Crippen LogP contribution is 2.30. The first-order valence-corrected chi connectivity index (χ1v) is 7.09. The number of hydrogen-bond acceptors (Lipinski definition) is 3. The van der Waals surface area contributed by atoms with Crippen molar-refractivity contribution in [3.8, 4) is 0 Å². The monoisotopic (exact) mass is 308 g/mol. The summed E-state index contributed by atoms with van der Waals surface area (Å²) in [6.45, 7) is 0.493. The van der Waals surface area contributed by atoms with E-state index in [1.165, 1.54) is 10.5 Å². The molecule has 0 fully saturated rings. The van der Waals surface area contributed by atoms with Crippen LogP contribution in [0.25, 0.3) is 0 Å². The maximum atomic E-state index is 5.67. The van der Waals surface area contributed by atoms with Crippen LogP contribution < -0.4 is 5.73 Å². The molecule has 4 heteroatoms. The number of rotatable bonds is 4. The highest BCUT2D eigenvalue weighted by atomic mass is 79.9. The van der Waals surface area contributed by atoms with Gasteiger partial charge in [0.05, 0.1) is 5.69 Å². The minimum absolute atomic E-state index is 0.493. The van der Waals surface area contributed by atoms with Crippen molar-refractivity contribution in [2.45, 2.75) is 17.2 Å². The van der Waals surface area contributed by atoms with Crippen LogP contribution in [0.2, 0.25) is 0 Å². The number of aromatic nitrogens is 1. The fraction of sp³-hybridized carbons (Fsp3) is 0.154. The van der Waals surface area contributed by atoms with Crippen LogP contribution in [-0.2, 0) is 12.3 Å². The zero-order valence-corrected chi connectivity index (χ0v) is 11.7. The van der Waals surface area contributed by atoms with Crippen LogP contribution in [0.3, 0.4) is 0 Å². The molecule has 0 unspecified atom stereocenters. The maximum Gasteiger partial charge on any atom is 0.0579 e. The third-order valence-electron chi connectivity index (χ3n) is 2.40. The van der Waals surface area contributed by atoms with Gasteiger partial charge >= 0.3 is 0 Å². The lowest BCUT2D eigenvalue weighted by Crippen LogP contribution is -2.03. The molecular formula is C13H13BrN2S. The lowest BCUT2D eigenvalue weighted by molar-refractivity contribution is 0.964. The molecule has 17 heavy (non-hydrogen) atoms. The summed E-state index contributed by atoms with van der Waals surface area (Å²) in [6.07, 6.45) is 1.79. The van der Waals surface area contributed by atoms with E-state index in [2.05, 4.69) is 39.1 Å². The average molecular weight is 309 g/mol. The predicted octanol–water partition coefficient (Wildman–Crippen LogP) is 3.60. The quantitative estimate of drug-likeness (QED) is 0.877. The van der Waals surface area contributed by atoms with E-state index < -0.39 is 0 Å². The molecule has 0 bridgehead atoms. The number of halogens is 1. The Hall–Kier alpha value is -0.840. The van der Waals surface area contributed by atoms with Crippen LogP contribution in [0.5, 0.6) is 0 Å². The Bertz CT molecular complexity index is 502. The van der Waals surface area contributed by atoms with E-state index in [9.17, 15) is 0 Å². The molecule has 2 nitrogen and oxygen atoms in total. The Kier molecular flexibility index (Phi) is 4.59. The second-order valence-corrected chi connectivity index (χ2v) is 5.40. The lowest BCUT2D eigenvalue weighted by Gasteiger charge is -2.07. The molecule has 0 aliphatic carbocycles. The van der Waals surface area contributed by atoms with E-state index in [4.69, 9.17) is 5.73 Å². The van der Waals surface area contributed by atoms with E-state index in [0.717, 1.165) is 15.9 Å². The molecular weight excluding hydrogens is 296 g/mol. The van der Waals surface area contributed by atoms with Crippen molar-refractivity contribution in [2.24, 2.45) is 5.73 Å². The van der Waals surface area contributed by atoms with Gasteiger partial charge in [-0.15, -0.1) is 11.8 Å². The Labute approximate surface area is 114 Å². The van der Waals surface area contributed by atoms with Gasteiger partial charge in [0.2, 0.25) is 0 Å². The second-order valence-electron chi connectivity index (χ2n) is 3.53. The van der Waals surface area contributed by atoms with Gasteiger partial charge in [-0.2, -0.15) is 0 Å². The number of thioether (sulfide) groups is 1. The minimum Gasteiger partial charge on any atom is -0.325 e. The molecule has 0 atom stereocenters. The Balaban J connectivity index is 2.10. The SMILES string of the molecule is NCc1ncccc1CSc1ccccc1Br. The summed E-state index contributed by atoms with van der Waals surface area (Å²) in [5.74, 6) is 0.892. The molecule has 2 N–H and O–H groups in total. The fourth-order valence-corrected chi connectivity index (χ4v) is 3.09. The van der Waals surface area contributed by atoms with Gasteiger partial charge in [0.15, 0.2) is 0 Å². The predicted molar refractivity (Wildman–Crippen MR) is 75.8 cm³/mol. The largest absolute Gasteiger partial charge is 0.325 e. The third-order valence-corrected chi connectivity index (χ3v) is 4.47. The molecule has 0 aliphatic heterocycles. The summed E-state index contributed by atoms with van der Waals surface area (Å²) in [5.41, 5.74) is 7.85. The molecule has 0 spiro atoms. The molecule has 0 saturated carbocycles. The van der Waals surface area contributed by atoms with Crippen LogP contribution in [0.4, 0.5) is 0 Å². The molecule has 0 radical (unpaired) electrons. The third kappa shape index (κ3) is 3.31. The number of benzene rings is 1. The lowest BCUT2D eigenvalue weighted by atomic mass is 10.2. The normalized spacial score (nSPS) is 10.5. The van der Waals surface area contributed by atoms with E-state index in [0.29, 0.717) is 6.54 Å². The number of nitrogens with zero attached hydrogens (tertiary/aromatic N) is 1. The van der Waals surface area contributed by atoms with Crippen molar-refractivity contribution in [1.29, 1.82) is 0 Å². The smallest absolute Gasteiger partial charge is 0.0579 e. The summed E-state index contributed by atoms with van der Waals surface area (Å²) in [7, 11) is 0. The Morgan fingerprint density at radius 1 is 1.18 bits per heavy atom. The highest BCUT2D eigenvalue weighted by molar-refractivity contribution is 9.10. The molecule has 0 amide bonds. The van der Waals surface area contributed by atoms with Gasteiger partial charge in [0.1, 0.15) is 0 Å². The first-order chi connectivity index (χ1) is 8.31. The Morgan fingerprint density at radius 2 is 2.00 bits per heavy atom. The molecule has 88 valence electrons. The number of pyridine rings is 1. The van der Waals surface area contributed by atoms with Gasteiger partial charge in [-0.3, -0.25) is 4.98 Å². The molecule has 1 aromatic heterocycles. The van der Waals surface area contributed by atoms with E-state index in [1.54, 1.807) is 18.0 Å². The van der Waals surface area contributed by atoms with Gasteiger partial charge in [0, 0.05) is 27.9 Å². The summed E-state index contributed by atoms with van der Waals surface area (Å²) < 4.78 is 1.13. The minimum atomic E-state index is 0.493. The summed E-state index contributed by atoms with van der Waals surface area (Å²) >= 11 is 5.33. The topological polar surface area (TPSA) is 38.9 Å². The van der Waals surface area contributed by atoms with E-state index in [-0.39, 0.29) is 0 Å². The van der Waals surface area contributed by atoms with E-state index in [1.807, 2.05) is 18.2 Å². The average Bonchev–Trinajstić information content (AvgIpc) is 2.38. The first-order valence-electron chi connectivity index (χ1n) is 5.31. The molecule has 0 saturated heterocycles. The molecule has 2 aromatic rings. The number of nitrogens with two attached hydrogens (primary N) is 1. The van der Waals surface area contributed by atoms with Crippen molar-refractivity contribution in [1.82, 2.24) is 4.98 Å². The fourth-order valence-electron chi connectivity index (χ4n) is 1.50. The van der Waals surface area contributed by atoms with Gasteiger partial charge in [0.25, 0.3) is 0 Å². The molecule has 2 rings (SSSR count). The van der Waals surface area contributed by atoms with Crippen molar-refractivity contribution >= 4 is 27.7 Å². The van der Waals surface area contributed by atoms with Crippen LogP contribution in [-0.4, -0.2) is 4.98 Å². The van der Waals surface area contributed by atoms with Crippen LogP contribution in [0.15, 0.2) is 52.0 Å². The summed E-state index contributed by atoms with van der Waals surface area (Å²) in [4.78, 5) is 5.52. The van der Waals surface area contributed by atoms with Crippen LogP contribution in [0.1, 0.15) is 11.3 Å². The zero-order chi connectivity index (χ0) is 12.1. The molecule has 1 aromatic carbocycles. The highest BCUT2D eigenvalue weighted by Gasteiger charge is 2.04. The van der Waals surface area contributed by atoms with Crippen molar-refractivity contribution in [3.05, 3.63) is 58.3 Å². The number of hydrogen-bond donors (Lipinski definition) is 1. The molecule has 0 aliphatic rings. The standard InChI is InChI=1S/C13H13BrN2S/c14-11-5-1-2-6-13(11)17-9-10-4-3-7-16-12(10)8-15/h1-7H,8-9,15H2. The van der Waals surface area contributed by atoms with Gasteiger partial charge in [-0.1, -0.05) is 18.2 Å². The van der Waals surface area contributed by atoms with Gasteiger partial charge < -0.3 is 5.73 Å². The van der Waals surface area contributed by atoms with Gasteiger partial charge in [-0.25, -0.2) is 0 Å². The first kappa shape index (κ1) is 12.6. The van der Waals surface area contributed by atoms with Gasteiger partial charge in [-0.05, 0) is 39.7 Å².